The van der Waals surface area contributed by atoms with Crippen LogP contribution in [-0.4, -0.2) is 29.7 Å². The van der Waals surface area contributed by atoms with E-state index in [9.17, 15) is 14.9 Å². The van der Waals surface area contributed by atoms with Crippen molar-refractivity contribution in [3.05, 3.63) is 69.8 Å². The Morgan fingerprint density at radius 1 is 1.12 bits per heavy atom. The second kappa shape index (κ2) is 10.5. The van der Waals surface area contributed by atoms with Gasteiger partial charge in [0.05, 0.1) is 17.2 Å². The zero-order valence-corrected chi connectivity index (χ0v) is 15.5. The van der Waals surface area contributed by atoms with Crippen molar-refractivity contribution < 1.29 is 14.5 Å². The summed E-state index contributed by atoms with van der Waals surface area (Å²) in [5, 5.41) is 13.4. The van der Waals surface area contributed by atoms with Crippen LogP contribution >= 0.6 is 11.8 Å². The molecular formula is C19H22N2O4S. The van der Waals surface area contributed by atoms with E-state index in [0.29, 0.717) is 24.7 Å². The molecule has 0 aliphatic rings. The molecule has 1 N–H and O–H groups in total. The van der Waals surface area contributed by atoms with Crippen molar-refractivity contribution in [1.29, 1.82) is 0 Å². The van der Waals surface area contributed by atoms with Gasteiger partial charge in [0, 0.05) is 17.9 Å². The van der Waals surface area contributed by atoms with Crippen molar-refractivity contribution in [2.24, 2.45) is 0 Å². The molecular weight excluding hydrogens is 352 g/mol. The third-order valence-electron chi connectivity index (χ3n) is 3.67. The number of thioether (sulfide) groups is 1. The average molecular weight is 374 g/mol. The van der Waals surface area contributed by atoms with Gasteiger partial charge < -0.3 is 10.1 Å². The first kappa shape index (κ1) is 19.8. The number of hydrogen-bond donors (Lipinski definition) is 1. The number of ether oxygens (including phenoxy) is 1. The topological polar surface area (TPSA) is 81.5 Å². The average Bonchev–Trinajstić information content (AvgIpc) is 2.66. The Morgan fingerprint density at radius 2 is 1.77 bits per heavy atom. The molecule has 0 saturated carbocycles. The van der Waals surface area contributed by atoms with Gasteiger partial charge in [0.2, 0.25) is 5.91 Å². The summed E-state index contributed by atoms with van der Waals surface area (Å²) in [6.45, 7) is 2.97. The number of aryl methyl sites for hydroxylation is 1. The van der Waals surface area contributed by atoms with Crippen LogP contribution in [0.5, 0.6) is 5.75 Å². The van der Waals surface area contributed by atoms with E-state index < -0.39 is 4.92 Å². The van der Waals surface area contributed by atoms with Gasteiger partial charge in [0.25, 0.3) is 5.69 Å². The fraction of sp³-hybridized carbons (Fsp3) is 0.316. The number of nitro groups is 1. The van der Waals surface area contributed by atoms with Gasteiger partial charge in [-0.05, 0) is 29.7 Å². The number of rotatable bonds is 10. The summed E-state index contributed by atoms with van der Waals surface area (Å²) in [5.74, 6) is 1.71. The van der Waals surface area contributed by atoms with Gasteiger partial charge in [-0.25, -0.2) is 0 Å². The van der Waals surface area contributed by atoms with Crippen LogP contribution in [0.4, 0.5) is 5.69 Å². The van der Waals surface area contributed by atoms with E-state index in [1.165, 1.54) is 29.5 Å². The van der Waals surface area contributed by atoms with Crippen LogP contribution in [0.3, 0.4) is 0 Å². The van der Waals surface area contributed by atoms with Gasteiger partial charge in [-0.1, -0.05) is 31.2 Å². The summed E-state index contributed by atoms with van der Waals surface area (Å²) in [6, 6.07) is 14.3. The minimum atomic E-state index is -0.426. The van der Waals surface area contributed by atoms with Crippen molar-refractivity contribution in [3.8, 4) is 5.75 Å². The van der Waals surface area contributed by atoms with E-state index in [1.807, 2.05) is 24.3 Å². The maximum Gasteiger partial charge on any atom is 0.269 e. The number of nitrogens with one attached hydrogen (secondary N) is 1. The molecule has 0 bridgehead atoms. The Morgan fingerprint density at radius 3 is 2.38 bits per heavy atom. The summed E-state index contributed by atoms with van der Waals surface area (Å²) >= 11 is 1.46. The number of benzene rings is 2. The van der Waals surface area contributed by atoms with Crippen LogP contribution < -0.4 is 10.1 Å². The number of hydrogen-bond acceptors (Lipinski definition) is 5. The molecule has 2 aromatic carbocycles. The summed E-state index contributed by atoms with van der Waals surface area (Å²) in [7, 11) is 0. The van der Waals surface area contributed by atoms with Crippen LogP contribution in [0.25, 0.3) is 0 Å². The number of amides is 1. The number of non-ortho nitro benzene ring substituents is 1. The molecule has 0 atom stereocenters. The van der Waals surface area contributed by atoms with Crippen molar-refractivity contribution in [1.82, 2.24) is 5.32 Å². The Labute approximate surface area is 157 Å². The molecule has 0 heterocycles. The first-order chi connectivity index (χ1) is 12.6. The van der Waals surface area contributed by atoms with E-state index in [2.05, 4.69) is 12.2 Å². The van der Waals surface area contributed by atoms with E-state index >= 15 is 0 Å². The zero-order valence-electron chi connectivity index (χ0n) is 14.6. The molecule has 0 aliphatic carbocycles. The summed E-state index contributed by atoms with van der Waals surface area (Å²) < 4.78 is 5.58. The molecule has 26 heavy (non-hydrogen) atoms. The number of nitro benzene ring substituents is 1. The smallest absolute Gasteiger partial charge is 0.269 e. The predicted molar refractivity (Wildman–Crippen MR) is 104 cm³/mol. The van der Waals surface area contributed by atoms with Gasteiger partial charge in [-0.3, -0.25) is 14.9 Å². The molecule has 1 amide bonds. The lowest BCUT2D eigenvalue weighted by Crippen LogP contribution is -2.29. The molecule has 0 fully saturated rings. The van der Waals surface area contributed by atoms with Gasteiger partial charge in [-0.15, -0.1) is 11.8 Å². The second-order valence-corrected chi connectivity index (χ2v) is 6.60. The Kier molecular flexibility index (Phi) is 7.95. The summed E-state index contributed by atoms with van der Waals surface area (Å²) in [4.78, 5) is 22.0. The summed E-state index contributed by atoms with van der Waals surface area (Å²) in [6.07, 6.45) is 0.994. The maximum absolute atomic E-state index is 11.8. The second-order valence-electron chi connectivity index (χ2n) is 5.61. The van der Waals surface area contributed by atoms with Crippen LogP contribution in [0, 0.1) is 10.1 Å². The normalized spacial score (nSPS) is 10.3. The van der Waals surface area contributed by atoms with Crippen LogP contribution in [-0.2, 0) is 17.0 Å². The number of carbonyl (C=O) groups excluding carboxylic acids is 1. The monoisotopic (exact) mass is 374 g/mol. The molecule has 2 aromatic rings. The largest absolute Gasteiger partial charge is 0.492 e. The lowest BCUT2D eigenvalue weighted by molar-refractivity contribution is -0.384. The third-order valence-corrected chi connectivity index (χ3v) is 4.68. The predicted octanol–water partition coefficient (Wildman–Crippen LogP) is 3.59. The lowest BCUT2D eigenvalue weighted by Gasteiger charge is -2.08. The van der Waals surface area contributed by atoms with Gasteiger partial charge in [0.1, 0.15) is 12.4 Å². The van der Waals surface area contributed by atoms with Crippen LogP contribution in [0.15, 0.2) is 48.5 Å². The third kappa shape index (κ3) is 6.76. The molecule has 2 rings (SSSR count). The first-order valence-electron chi connectivity index (χ1n) is 8.38. The quantitative estimate of drug-likeness (QED) is 0.390. The zero-order chi connectivity index (χ0) is 18.8. The SMILES string of the molecule is CCc1ccc(OCCNC(=O)CSCc2ccc([N+](=O)[O-])cc2)cc1. The molecule has 0 unspecified atom stereocenters. The first-order valence-corrected chi connectivity index (χ1v) is 9.53. The molecule has 6 nitrogen and oxygen atoms in total. The van der Waals surface area contributed by atoms with Crippen molar-refractivity contribution in [3.63, 3.8) is 0 Å². The minimum absolute atomic E-state index is 0.0538. The number of nitrogens with zero attached hydrogens (tertiary/aromatic N) is 1. The van der Waals surface area contributed by atoms with E-state index in [-0.39, 0.29) is 11.6 Å². The lowest BCUT2D eigenvalue weighted by atomic mass is 10.2. The van der Waals surface area contributed by atoms with Crippen molar-refractivity contribution in [2.75, 3.05) is 18.9 Å². The van der Waals surface area contributed by atoms with E-state index in [0.717, 1.165) is 17.7 Å². The highest BCUT2D eigenvalue weighted by Gasteiger charge is 2.05. The van der Waals surface area contributed by atoms with Crippen LogP contribution in [0.1, 0.15) is 18.1 Å². The highest BCUT2D eigenvalue weighted by Crippen LogP contribution is 2.16. The summed E-state index contributed by atoms with van der Waals surface area (Å²) in [5.41, 5.74) is 2.28. The molecule has 138 valence electrons. The molecule has 0 aliphatic heterocycles. The van der Waals surface area contributed by atoms with Crippen LogP contribution in [0.2, 0.25) is 0 Å². The molecule has 7 heteroatoms. The van der Waals surface area contributed by atoms with Crippen molar-refractivity contribution in [2.45, 2.75) is 19.1 Å². The molecule has 0 aromatic heterocycles. The molecule has 0 spiro atoms. The standard InChI is InChI=1S/C19H22N2O4S/c1-2-15-5-9-18(10-6-15)25-12-11-20-19(22)14-26-13-16-3-7-17(8-4-16)21(23)24/h3-10H,2,11-14H2,1H3,(H,20,22). The minimum Gasteiger partial charge on any atom is -0.492 e. The molecule has 0 radical (unpaired) electrons. The Bertz CT molecular complexity index is 717. The van der Waals surface area contributed by atoms with E-state index in [1.54, 1.807) is 12.1 Å². The highest BCUT2D eigenvalue weighted by atomic mass is 32.2. The number of carbonyl (C=O) groups is 1. The Hall–Kier alpha value is -2.54. The Balaban J connectivity index is 1.59. The van der Waals surface area contributed by atoms with Gasteiger partial charge in [-0.2, -0.15) is 0 Å². The van der Waals surface area contributed by atoms with Gasteiger partial charge in [0.15, 0.2) is 0 Å². The molecule has 0 saturated heterocycles. The maximum atomic E-state index is 11.8. The highest BCUT2D eigenvalue weighted by molar-refractivity contribution is 7.99. The van der Waals surface area contributed by atoms with Gasteiger partial charge >= 0.3 is 0 Å². The fourth-order valence-corrected chi connectivity index (χ4v) is 3.02. The fourth-order valence-electron chi connectivity index (χ4n) is 2.21. The van der Waals surface area contributed by atoms with Crippen molar-refractivity contribution >= 4 is 23.4 Å². The van der Waals surface area contributed by atoms with E-state index in [4.69, 9.17) is 4.74 Å².